The molecule has 2 heterocycles. The van der Waals surface area contributed by atoms with Gasteiger partial charge < -0.3 is 19.8 Å². The Kier molecular flexibility index (Phi) is 6.46. The van der Waals surface area contributed by atoms with E-state index >= 15 is 0 Å². The Hall–Kier alpha value is -3.65. The van der Waals surface area contributed by atoms with E-state index in [2.05, 4.69) is 10.3 Å². The van der Waals surface area contributed by atoms with Crippen LogP contribution in [-0.2, 0) is 22.5 Å². The van der Waals surface area contributed by atoms with Gasteiger partial charge in [0.25, 0.3) is 0 Å². The second-order valence-electron chi connectivity index (χ2n) is 8.08. The predicted molar refractivity (Wildman–Crippen MR) is 126 cm³/mol. The fourth-order valence-electron chi connectivity index (χ4n) is 4.14. The monoisotopic (exact) mass is 449 g/mol. The van der Waals surface area contributed by atoms with Crippen molar-refractivity contribution in [1.82, 2.24) is 9.88 Å². The van der Waals surface area contributed by atoms with Gasteiger partial charge >= 0.3 is 5.97 Å². The Labute approximate surface area is 191 Å². The molecular formula is C25H27N3O5. The van der Waals surface area contributed by atoms with Crippen LogP contribution in [0, 0.1) is 6.92 Å². The van der Waals surface area contributed by atoms with Crippen LogP contribution < -0.4 is 15.5 Å². The predicted octanol–water partition coefficient (Wildman–Crippen LogP) is 3.02. The van der Waals surface area contributed by atoms with Gasteiger partial charge in [-0.1, -0.05) is 0 Å². The molecule has 1 aromatic heterocycles. The Bertz CT molecular complexity index is 1260. The fourth-order valence-corrected chi connectivity index (χ4v) is 4.14. The Morgan fingerprint density at radius 2 is 1.94 bits per heavy atom. The summed E-state index contributed by atoms with van der Waals surface area (Å²) >= 11 is 0. The summed E-state index contributed by atoms with van der Waals surface area (Å²) in [4.78, 5) is 42.9. The number of benzene rings is 2. The van der Waals surface area contributed by atoms with E-state index < -0.39 is 5.97 Å². The molecule has 1 amide bonds. The van der Waals surface area contributed by atoms with E-state index in [1.807, 2.05) is 17.9 Å². The first-order chi connectivity index (χ1) is 15.9. The van der Waals surface area contributed by atoms with Crippen LogP contribution in [0.4, 0.5) is 5.69 Å². The summed E-state index contributed by atoms with van der Waals surface area (Å²) in [6.07, 6.45) is 0.660. The first kappa shape index (κ1) is 22.5. The molecule has 8 heteroatoms. The summed E-state index contributed by atoms with van der Waals surface area (Å²) in [5.74, 6) is 0.0662. The average Bonchev–Trinajstić information content (AvgIpc) is 2.80. The molecule has 33 heavy (non-hydrogen) atoms. The number of pyridine rings is 1. The smallest absolute Gasteiger partial charge is 0.338 e. The SMILES string of the molecule is CCOC(=O)c1ccc(NC(=O)CN2CCc3[nH]c4c(C)cc(OC)cc4c(=O)c3C2)cc1. The molecule has 2 N–H and O–H groups in total. The number of nitrogens with one attached hydrogen (secondary N) is 2. The first-order valence-corrected chi connectivity index (χ1v) is 10.9. The Morgan fingerprint density at radius 1 is 1.18 bits per heavy atom. The number of fused-ring (bicyclic) bond motifs is 2. The molecule has 0 aliphatic carbocycles. The molecule has 3 aromatic rings. The highest BCUT2D eigenvalue weighted by Crippen LogP contribution is 2.24. The maximum Gasteiger partial charge on any atom is 0.338 e. The van der Waals surface area contributed by atoms with Crippen molar-refractivity contribution in [1.29, 1.82) is 0 Å². The summed E-state index contributed by atoms with van der Waals surface area (Å²) < 4.78 is 10.3. The molecule has 0 atom stereocenters. The molecule has 2 aromatic carbocycles. The van der Waals surface area contributed by atoms with Crippen molar-refractivity contribution in [3.8, 4) is 5.75 Å². The Morgan fingerprint density at radius 3 is 2.64 bits per heavy atom. The third-order valence-electron chi connectivity index (χ3n) is 5.81. The zero-order valence-corrected chi connectivity index (χ0v) is 19.0. The van der Waals surface area contributed by atoms with E-state index in [0.717, 1.165) is 16.8 Å². The zero-order valence-electron chi connectivity index (χ0n) is 19.0. The van der Waals surface area contributed by atoms with Gasteiger partial charge in [0, 0.05) is 41.8 Å². The molecule has 8 nitrogen and oxygen atoms in total. The van der Waals surface area contributed by atoms with Crippen LogP contribution in [0.3, 0.4) is 0 Å². The molecule has 4 rings (SSSR count). The molecule has 1 aliphatic heterocycles. The molecule has 0 fully saturated rings. The van der Waals surface area contributed by atoms with E-state index in [4.69, 9.17) is 9.47 Å². The number of aromatic amines is 1. The number of H-pyrrole nitrogens is 1. The van der Waals surface area contributed by atoms with Crippen molar-refractivity contribution >= 4 is 28.5 Å². The van der Waals surface area contributed by atoms with Gasteiger partial charge in [0.2, 0.25) is 5.91 Å². The van der Waals surface area contributed by atoms with Gasteiger partial charge in [-0.05, 0) is 55.8 Å². The van der Waals surface area contributed by atoms with Crippen LogP contribution in [0.2, 0.25) is 0 Å². The van der Waals surface area contributed by atoms with Crippen LogP contribution in [0.15, 0.2) is 41.2 Å². The van der Waals surface area contributed by atoms with Crippen LogP contribution in [0.25, 0.3) is 10.9 Å². The normalized spacial score (nSPS) is 13.4. The highest BCUT2D eigenvalue weighted by Gasteiger charge is 2.23. The lowest BCUT2D eigenvalue weighted by Crippen LogP contribution is -2.39. The lowest BCUT2D eigenvalue weighted by atomic mass is 10.0. The van der Waals surface area contributed by atoms with Crippen molar-refractivity contribution in [3.05, 3.63) is 69.0 Å². The summed E-state index contributed by atoms with van der Waals surface area (Å²) in [5, 5.41) is 3.44. The molecule has 0 saturated heterocycles. The quantitative estimate of drug-likeness (QED) is 0.561. The second-order valence-corrected chi connectivity index (χ2v) is 8.08. The summed E-state index contributed by atoms with van der Waals surface area (Å²) in [6.45, 7) is 5.23. The largest absolute Gasteiger partial charge is 0.497 e. The number of ether oxygens (including phenoxy) is 2. The molecular weight excluding hydrogens is 422 g/mol. The maximum absolute atomic E-state index is 13.2. The van der Waals surface area contributed by atoms with Gasteiger partial charge in [0.15, 0.2) is 5.43 Å². The second kappa shape index (κ2) is 9.46. The zero-order chi connectivity index (χ0) is 23.5. The van der Waals surface area contributed by atoms with Gasteiger partial charge in [-0.15, -0.1) is 0 Å². The van der Waals surface area contributed by atoms with Gasteiger partial charge in [0.1, 0.15) is 5.75 Å². The van der Waals surface area contributed by atoms with Crippen LogP contribution in [0.5, 0.6) is 5.75 Å². The van der Waals surface area contributed by atoms with Crippen LogP contribution in [0.1, 0.15) is 34.1 Å². The first-order valence-electron chi connectivity index (χ1n) is 10.9. The number of amides is 1. The van der Waals surface area contributed by atoms with E-state index in [-0.39, 0.29) is 17.9 Å². The van der Waals surface area contributed by atoms with Crippen LogP contribution >= 0.6 is 0 Å². The van der Waals surface area contributed by atoms with Crippen molar-refractivity contribution in [2.24, 2.45) is 0 Å². The third kappa shape index (κ3) is 4.75. The number of aromatic nitrogens is 1. The van der Waals surface area contributed by atoms with Crippen molar-refractivity contribution in [3.63, 3.8) is 0 Å². The minimum absolute atomic E-state index is 0.0274. The van der Waals surface area contributed by atoms with Gasteiger partial charge in [-0.2, -0.15) is 0 Å². The Balaban J connectivity index is 1.46. The van der Waals surface area contributed by atoms with Crippen molar-refractivity contribution in [2.75, 3.05) is 32.1 Å². The minimum Gasteiger partial charge on any atom is -0.497 e. The number of carbonyl (C=O) groups is 2. The fraction of sp³-hybridized carbons (Fsp3) is 0.320. The average molecular weight is 450 g/mol. The van der Waals surface area contributed by atoms with Crippen LogP contribution in [-0.4, -0.2) is 48.6 Å². The van der Waals surface area contributed by atoms with Crippen molar-refractivity contribution < 1.29 is 19.1 Å². The standard InChI is InChI=1S/C25H27N3O5/c1-4-33-25(31)16-5-7-17(8-6-16)26-22(29)14-28-10-9-21-20(13-28)24(30)19-12-18(32-3)11-15(2)23(19)27-21/h5-8,11-12H,4,9-10,13-14H2,1-3H3,(H,26,29)(H,27,30). The molecule has 0 radical (unpaired) electrons. The number of carbonyl (C=O) groups excluding carboxylic acids is 2. The van der Waals surface area contributed by atoms with E-state index in [0.29, 0.717) is 54.1 Å². The highest BCUT2D eigenvalue weighted by molar-refractivity contribution is 5.94. The van der Waals surface area contributed by atoms with E-state index in [1.54, 1.807) is 44.4 Å². The number of esters is 1. The number of rotatable bonds is 6. The maximum atomic E-state index is 13.2. The highest BCUT2D eigenvalue weighted by atomic mass is 16.5. The number of hydrogen-bond acceptors (Lipinski definition) is 6. The van der Waals surface area contributed by atoms with Crippen molar-refractivity contribution in [2.45, 2.75) is 26.8 Å². The summed E-state index contributed by atoms with van der Waals surface area (Å²) in [5.41, 5.74) is 4.40. The van der Waals surface area contributed by atoms with Gasteiger partial charge in [0.05, 0.1) is 31.3 Å². The van der Waals surface area contributed by atoms with E-state index in [1.165, 1.54) is 0 Å². The molecule has 0 bridgehead atoms. The number of hydrogen-bond donors (Lipinski definition) is 2. The van der Waals surface area contributed by atoms with E-state index in [9.17, 15) is 14.4 Å². The number of nitrogens with zero attached hydrogens (tertiary/aromatic N) is 1. The minimum atomic E-state index is -0.395. The summed E-state index contributed by atoms with van der Waals surface area (Å²) in [7, 11) is 1.58. The number of methoxy groups -OCH3 is 1. The summed E-state index contributed by atoms with van der Waals surface area (Å²) in [6, 6.07) is 10.2. The third-order valence-corrected chi connectivity index (χ3v) is 5.81. The number of anilines is 1. The molecule has 0 spiro atoms. The molecule has 0 saturated carbocycles. The number of aryl methyl sites for hydroxylation is 1. The molecule has 172 valence electrons. The topological polar surface area (TPSA) is 101 Å². The molecule has 1 aliphatic rings. The van der Waals surface area contributed by atoms with Gasteiger partial charge in [-0.3, -0.25) is 14.5 Å². The lowest BCUT2D eigenvalue weighted by molar-refractivity contribution is -0.117. The molecule has 0 unspecified atom stereocenters. The lowest BCUT2D eigenvalue weighted by Gasteiger charge is -2.28. The van der Waals surface area contributed by atoms with Gasteiger partial charge in [-0.25, -0.2) is 4.79 Å².